The molecule has 9 nitrogen and oxygen atoms in total. The summed E-state index contributed by atoms with van der Waals surface area (Å²) < 4.78 is 21.7. The summed E-state index contributed by atoms with van der Waals surface area (Å²) in [7, 11) is 6.30. The monoisotopic (exact) mass is 528 g/mol. The molecule has 0 aromatic heterocycles. The minimum absolute atomic E-state index is 0.113. The topological polar surface area (TPSA) is 112 Å². The highest BCUT2D eigenvalue weighted by molar-refractivity contribution is 5.76. The molecule has 0 bridgehead atoms. The highest BCUT2D eigenvalue weighted by atomic mass is 16.5. The number of methoxy groups -OCH3 is 4. The number of benzene rings is 2. The Kier molecular flexibility index (Phi) is 12.4. The number of hydrogen-bond donors (Lipinski definition) is 2. The van der Waals surface area contributed by atoms with E-state index in [0.29, 0.717) is 74.6 Å². The predicted molar refractivity (Wildman–Crippen MR) is 146 cm³/mol. The van der Waals surface area contributed by atoms with Crippen molar-refractivity contribution in [3.05, 3.63) is 46.5 Å². The molecule has 0 saturated carbocycles. The van der Waals surface area contributed by atoms with Gasteiger partial charge in [-0.25, -0.2) is 4.79 Å². The lowest BCUT2D eigenvalue weighted by molar-refractivity contribution is -0.117. The molecule has 2 rings (SSSR count). The number of rotatable bonds is 16. The molecule has 0 unspecified atom stereocenters. The summed E-state index contributed by atoms with van der Waals surface area (Å²) in [6.45, 7) is 3.96. The minimum atomic E-state index is -0.276. The van der Waals surface area contributed by atoms with Gasteiger partial charge in [0.1, 0.15) is 11.6 Å². The Hall–Kier alpha value is -3.75. The summed E-state index contributed by atoms with van der Waals surface area (Å²) in [6.07, 6.45) is 3.20. The van der Waals surface area contributed by atoms with Crippen LogP contribution in [0.15, 0.2) is 24.3 Å². The van der Waals surface area contributed by atoms with E-state index in [1.165, 1.54) is 0 Å². The van der Waals surface area contributed by atoms with E-state index < -0.39 is 0 Å². The van der Waals surface area contributed by atoms with E-state index in [4.69, 9.17) is 18.9 Å². The summed E-state index contributed by atoms with van der Waals surface area (Å²) in [6, 6.07) is 7.30. The number of aryl methyl sites for hydroxylation is 2. The Bertz CT molecular complexity index is 1030. The SMILES string of the molecule is COc1cc(CCNC(=O)NCCc2cc(OC)c(OC)cc2CCC(C)=O)c(CCC(C)=O)cc1OC. The number of amides is 2. The second-order valence-electron chi connectivity index (χ2n) is 9.04. The quantitative estimate of drug-likeness (QED) is 0.340. The zero-order valence-corrected chi connectivity index (χ0v) is 23.3. The van der Waals surface area contributed by atoms with E-state index in [9.17, 15) is 14.4 Å². The first-order valence-electron chi connectivity index (χ1n) is 12.7. The fourth-order valence-corrected chi connectivity index (χ4v) is 4.16. The van der Waals surface area contributed by atoms with E-state index in [-0.39, 0.29) is 17.6 Å². The van der Waals surface area contributed by atoms with Crippen LogP contribution in [0.4, 0.5) is 4.79 Å². The van der Waals surface area contributed by atoms with Gasteiger partial charge < -0.3 is 39.2 Å². The van der Waals surface area contributed by atoms with Crippen molar-refractivity contribution in [2.45, 2.75) is 52.4 Å². The first-order chi connectivity index (χ1) is 18.2. The second kappa shape index (κ2) is 15.5. The van der Waals surface area contributed by atoms with Crippen LogP contribution in [0.1, 0.15) is 48.9 Å². The third kappa shape index (κ3) is 9.28. The summed E-state index contributed by atoms with van der Waals surface area (Å²) in [5, 5.41) is 5.79. The first kappa shape index (κ1) is 30.5. The highest BCUT2D eigenvalue weighted by Gasteiger charge is 2.14. The molecule has 0 fully saturated rings. The van der Waals surface area contributed by atoms with E-state index in [1.54, 1.807) is 42.3 Å². The van der Waals surface area contributed by atoms with Gasteiger partial charge in [0.2, 0.25) is 0 Å². The van der Waals surface area contributed by atoms with Crippen molar-refractivity contribution in [2.75, 3.05) is 41.5 Å². The summed E-state index contributed by atoms with van der Waals surface area (Å²) in [5.74, 6) is 2.66. The summed E-state index contributed by atoms with van der Waals surface area (Å²) in [4.78, 5) is 35.5. The molecular weight excluding hydrogens is 488 g/mol. The molecule has 0 aliphatic rings. The molecule has 2 aromatic carbocycles. The number of Topliss-reactive ketones (excluding diaryl/α,β-unsaturated/α-hetero) is 2. The summed E-state index contributed by atoms with van der Waals surface area (Å²) >= 11 is 0. The van der Waals surface area contributed by atoms with Crippen molar-refractivity contribution in [1.82, 2.24) is 10.6 Å². The normalized spacial score (nSPS) is 10.5. The summed E-state index contributed by atoms with van der Waals surface area (Å²) in [5.41, 5.74) is 3.97. The molecule has 2 aromatic rings. The molecular formula is C29H40N2O7. The van der Waals surface area contributed by atoms with Gasteiger partial charge in [-0.3, -0.25) is 0 Å². The maximum atomic E-state index is 12.5. The van der Waals surface area contributed by atoms with Gasteiger partial charge in [-0.1, -0.05) is 0 Å². The van der Waals surface area contributed by atoms with Gasteiger partial charge in [0.15, 0.2) is 23.0 Å². The molecule has 0 aliphatic carbocycles. The number of ether oxygens (including phenoxy) is 4. The van der Waals surface area contributed by atoms with Crippen molar-refractivity contribution < 1.29 is 33.3 Å². The average molecular weight is 529 g/mol. The fraction of sp³-hybridized carbons (Fsp3) is 0.483. The molecule has 0 aliphatic heterocycles. The van der Waals surface area contributed by atoms with Crippen LogP contribution in [0.2, 0.25) is 0 Å². The van der Waals surface area contributed by atoms with Crippen molar-refractivity contribution in [1.29, 1.82) is 0 Å². The molecule has 2 N–H and O–H groups in total. The molecule has 2 amide bonds. The van der Waals surface area contributed by atoms with Crippen LogP contribution in [0.25, 0.3) is 0 Å². The van der Waals surface area contributed by atoms with Crippen molar-refractivity contribution in [3.8, 4) is 23.0 Å². The van der Waals surface area contributed by atoms with Crippen LogP contribution in [0, 0.1) is 0 Å². The number of hydrogen-bond acceptors (Lipinski definition) is 7. The highest BCUT2D eigenvalue weighted by Crippen LogP contribution is 2.32. The molecule has 0 heterocycles. The lowest BCUT2D eigenvalue weighted by Crippen LogP contribution is -2.37. The largest absolute Gasteiger partial charge is 0.493 e. The van der Waals surface area contributed by atoms with Gasteiger partial charge >= 0.3 is 6.03 Å². The maximum Gasteiger partial charge on any atom is 0.314 e. The predicted octanol–water partition coefficient (Wildman–Crippen LogP) is 3.85. The zero-order valence-electron chi connectivity index (χ0n) is 23.3. The van der Waals surface area contributed by atoms with Crippen molar-refractivity contribution >= 4 is 17.6 Å². The van der Waals surface area contributed by atoms with E-state index in [2.05, 4.69) is 10.6 Å². The molecule has 0 saturated heterocycles. The van der Waals surface area contributed by atoms with Crippen LogP contribution in [-0.4, -0.2) is 59.1 Å². The van der Waals surface area contributed by atoms with Crippen LogP contribution >= 0.6 is 0 Å². The lowest BCUT2D eigenvalue weighted by atomic mass is 9.98. The van der Waals surface area contributed by atoms with Gasteiger partial charge in [0.25, 0.3) is 0 Å². The van der Waals surface area contributed by atoms with E-state index in [0.717, 1.165) is 22.3 Å². The third-order valence-electron chi connectivity index (χ3n) is 6.26. The molecule has 0 spiro atoms. The van der Waals surface area contributed by atoms with E-state index in [1.807, 2.05) is 24.3 Å². The minimum Gasteiger partial charge on any atom is -0.493 e. The molecule has 0 atom stereocenters. The first-order valence-corrected chi connectivity index (χ1v) is 12.7. The van der Waals surface area contributed by atoms with Crippen molar-refractivity contribution in [3.63, 3.8) is 0 Å². The number of urea groups is 1. The van der Waals surface area contributed by atoms with Gasteiger partial charge in [0.05, 0.1) is 28.4 Å². The van der Waals surface area contributed by atoms with E-state index >= 15 is 0 Å². The zero-order chi connectivity index (χ0) is 28.1. The third-order valence-corrected chi connectivity index (χ3v) is 6.26. The van der Waals surface area contributed by atoms with Gasteiger partial charge in [0, 0.05) is 25.9 Å². The Morgan fingerprint density at radius 1 is 0.553 bits per heavy atom. The maximum absolute atomic E-state index is 12.5. The molecule has 9 heteroatoms. The van der Waals surface area contributed by atoms with Crippen LogP contribution in [0.5, 0.6) is 23.0 Å². The lowest BCUT2D eigenvalue weighted by Gasteiger charge is -2.16. The van der Waals surface area contributed by atoms with Crippen LogP contribution < -0.4 is 29.6 Å². The fourth-order valence-electron chi connectivity index (χ4n) is 4.16. The Labute approximate surface area is 225 Å². The van der Waals surface area contributed by atoms with Gasteiger partial charge in [-0.05, 0) is 86.1 Å². The van der Waals surface area contributed by atoms with Gasteiger partial charge in [-0.2, -0.15) is 0 Å². The number of ketones is 2. The molecule has 38 heavy (non-hydrogen) atoms. The van der Waals surface area contributed by atoms with Gasteiger partial charge in [-0.15, -0.1) is 0 Å². The second-order valence-corrected chi connectivity index (χ2v) is 9.04. The Morgan fingerprint density at radius 3 is 1.11 bits per heavy atom. The Morgan fingerprint density at radius 2 is 0.842 bits per heavy atom. The standard InChI is InChI=1S/C29H40N2O7/c1-19(32)7-9-21-15-25(35-3)27(37-5)17-23(21)11-13-30-29(34)31-14-12-24-18-28(38-6)26(36-4)16-22(24)10-8-20(2)33/h15-18H,7-14H2,1-6H3,(H2,30,31,34). The molecule has 0 radical (unpaired) electrons. The van der Waals surface area contributed by atoms with Crippen LogP contribution in [0.3, 0.4) is 0 Å². The number of carbonyl (C=O) groups excluding carboxylic acids is 3. The van der Waals surface area contributed by atoms with Crippen LogP contribution in [-0.2, 0) is 35.3 Å². The molecule has 208 valence electrons. The smallest absolute Gasteiger partial charge is 0.314 e. The number of carbonyl (C=O) groups is 3. The van der Waals surface area contributed by atoms with Crippen molar-refractivity contribution in [2.24, 2.45) is 0 Å². The Balaban J connectivity index is 1.98. The number of nitrogens with one attached hydrogen (secondary N) is 2. The average Bonchev–Trinajstić information content (AvgIpc) is 2.90.